The fourth-order valence-electron chi connectivity index (χ4n) is 4.47. The van der Waals surface area contributed by atoms with Gasteiger partial charge < -0.3 is 5.11 Å². The average molecular weight is 451 g/mol. The zero-order valence-electron chi connectivity index (χ0n) is 18.3. The van der Waals surface area contributed by atoms with E-state index in [0.717, 1.165) is 33.9 Å². The molecule has 1 atom stereocenters. The minimum absolute atomic E-state index is 0.158. The van der Waals surface area contributed by atoms with Crippen molar-refractivity contribution < 1.29 is 18.3 Å². The Morgan fingerprint density at radius 3 is 2.41 bits per heavy atom. The molecule has 32 heavy (non-hydrogen) atoms. The molecule has 0 saturated heterocycles. The van der Waals surface area contributed by atoms with Crippen molar-refractivity contribution in [3.63, 3.8) is 0 Å². The Morgan fingerprint density at radius 2 is 1.72 bits per heavy atom. The van der Waals surface area contributed by atoms with E-state index in [1.165, 1.54) is 23.8 Å². The van der Waals surface area contributed by atoms with E-state index in [2.05, 4.69) is 37.6 Å². The maximum Gasteiger partial charge on any atom is 0.264 e. The topological polar surface area (TPSA) is 86.7 Å². The second-order valence-electron chi connectivity index (χ2n) is 8.35. The number of carbonyl (C=O) groups excluding carboxylic acids is 1. The molecule has 166 valence electrons. The van der Waals surface area contributed by atoms with Gasteiger partial charge in [0.2, 0.25) is 0 Å². The number of phenolic OH excluding ortho intramolecular Hbond substituents is 1. The third-order valence-electron chi connectivity index (χ3n) is 5.90. The van der Waals surface area contributed by atoms with Gasteiger partial charge in [0, 0.05) is 19.2 Å². The molecular weight excluding hydrogens is 424 g/mol. The monoisotopic (exact) mass is 450 g/mol. The average Bonchev–Trinajstić information content (AvgIpc) is 3.08. The first-order valence-corrected chi connectivity index (χ1v) is 11.9. The number of aromatic hydroxyl groups is 1. The quantitative estimate of drug-likeness (QED) is 0.616. The summed E-state index contributed by atoms with van der Waals surface area (Å²) >= 11 is 0. The number of rotatable bonds is 5. The van der Waals surface area contributed by atoms with Crippen LogP contribution in [0.2, 0.25) is 0 Å². The summed E-state index contributed by atoms with van der Waals surface area (Å²) in [6, 6.07) is 16.4. The molecule has 1 unspecified atom stereocenters. The highest BCUT2D eigenvalue weighted by Crippen LogP contribution is 2.36. The number of amides is 1. The van der Waals surface area contributed by atoms with Gasteiger partial charge in [0.05, 0.1) is 4.90 Å². The third kappa shape index (κ3) is 4.26. The first-order chi connectivity index (χ1) is 15.2. The van der Waals surface area contributed by atoms with E-state index < -0.39 is 22.0 Å². The van der Waals surface area contributed by atoms with E-state index in [1.807, 2.05) is 29.2 Å². The van der Waals surface area contributed by atoms with Crippen LogP contribution in [0.15, 0.2) is 65.6 Å². The van der Waals surface area contributed by atoms with Gasteiger partial charge in [-0.25, -0.2) is 13.1 Å². The van der Waals surface area contributed by atoms with Crippen LogP contribution in [0.5, 0.6) is 5.75 Å². The lowest BCUT2D eigenvalue weighted by Gasteiger charge is -2.26. The molecule has 1 aliphatic heterocycles. The molecule has 1 amide bonds. The van der Waals surface area contributed by atoms with Crippen molar-refractivity contribution in [3.05, 3.63) is 94.0 Å². The zero-order chi connectivity index (χ0) is 23.0. The Balaban J connectivity index is 1.67. The fraction of sp³-hybridized carbons (Fsp3) is 0.240. The molecule has 2 N–H and O–H groups in total. The van der Waals surface area contributed by atoms with E-state index >= 15 is 0 Å². The number of hydrogen-bond acceptors (Lipinski definition) is 5. The molecule has 3 aromatic rings. The third-order valence-corrected chi connectivity index (χ3v) is 7.25. The molecule has 0 radical (unpaired) electrons. The van der Waals surface area contributed by atoms with Crippen molar-refractivity contribution >= 4 is 15.9 Å². The molecule has 0 aliphatic carbocycles. The number of aryl methyl sites for hydroxylation is 3. The molecule has 0 fully saturated rings. The minimum atomic E-state index is -4.13. The number of carbonyl (C=O) groups is 1. The maximum absolute atomic E-state index is 13.3. The summed E-state index contributed by atoms with van der Waals surface area (Å²) in [6.07, 6.45) is 0. The summed E-state index contributed by atoms with van der Waals surface area (Å²) in [7, 11) is -4.13. The second kappa shape index (κ2) is 8.41. The summed E-state index contributed by atoms with van der Waals surface area (Å²) in [6.45, 7) is 7.24. The fourth-order valence-corrected chi connectivity index (χ4v) is 5.49. The molecule has 3 aromatic carbocycles. The van der Waals surface area contributed by atoms with E-state index in [1.54, 1.807) is 0 Å². The van der Waals surface area contributed by atoms with Gasteiger partial charge in [-0.1, -0.05) is 48.0 Å². The second-order valence-corrected chi connectivity index (χ2v) is 10.0. The van der Waals surface area contributed by atoms with Gasteiger partial charge in [0.1, 0.15) is 11.8 Å². The number of nitrogens with zero attached hydrogens (tertiary/aromatic N) is 1. The van der Waals surface area contributed by atoms with Crippen molar-refractivity contribution in [2.45, 2.75) is 44.8 Å². The van der Waals surface area contributed by atoms with Gasteiger partial charge in [0.15, 0.2) is 0 Å². The first-order valence-electron chi connectivity index (χ1n) is 10.4. The van der Waals surface area contributed by atoms with Gasteiger partial charge in [-0.05, 0) is 60.7 Å². The van der Waals surface area contributed by atoms with Crippen molar-refractivity contribution in [2.24, 2.45) is 0 Å². The predicted octanol–water partition coefficient (Wildman–Crippen LogP) is 3.88. The van der Waals surface area contributed by atoms with Crippen LogP contribution >= 0.6 is 0 Å². The molecule has 7 heteroatoms. The molecule has 4 rings (SSSR count). The maximum atomic E-state index is 13.3. The van der Waals surface area contributed by atoms with Gasteiger partial charge in [-0.15, -0.1) is 0 Å². The van der Waals surface area contributed by atoms with Crippen molar-refractivity contribution in [3.8, 4) is 5.75 Å². The molecule has 0 bridgehead atoms. The summed E-state index contributed by atoms with van der Waals surface area (Å²) in [5, 5.41) is 9.64. The van der Waals surface area contributed by atoms with Crippen LogP contribution in [0.1, 0.15) is 39.4 Å². The summed E-state index contributed by atoms with van der Waals surface area (Å²) in [5.41, 5.74) is 6.41. The van der Waals surface area contributed by atoms with E-state index in [4.69, 9.17) is 0 Å². The normalized spacial score (nSPS) is 16.0. The van der Waals surface area contributed by atoms with Crippen LogP contribution in [0.3, 0.4) is 0 Å². The Kier molecular flexibility index (Phi) is 5.79. The molecule has 0 saturated carbocycles. The van der Waals surface area contributed by atoms with Gasteiger partial charge in [-0.3, -0.25) is 9.69 Å². The molecule has 0 aromatic heterocycles. The zero-order valence-corrected chi connectivity index (χ0v) is 19.1. The smallest absolute Gasteiger partial charge is 0.264 e. The Labute approximate surface area is 188 Å². The van der Waals surface area contributed by atoms with Crippen molar-refractivity contribution in [1.29, 1.82) is 0 Å². The largest absolute Gasteiger partial charge is 0.508 e. The Morgan fingerprint density at radius 1 is 1.03 bits per heavy atom. The van der Waals surface area contributed by atoms with E-state index in [-0.39, 0.29) is 10.6 Å². The Hall–Kier alpha value is -3.16. The molecule has 6 nitrogen and oxygen atoms in total. The van der Waals surface area contributed by atoms with Crippen LogP contribution in [-0.2, 0) is 27.9 Å². The first kappa shape index (κ1) is 22.0. The minimum Gasteiger partial charge on any atom is -0.508 e. The van der Waals surface area contributed by atoms with Crippen molar-refractivity contribution in [2.75, 3.05) is 0 Å². The number of benzene rings is 3. The number of fused-ring (bicyclic) bond motifs is 1. The number of hydrogen-bond donors (Lipinski definition) is 2. The lowest BCUT2D eigenvalue weighted by Crippen LogP contribution is -2.39. The molecule has 1 aliphatic rings. The van der Waals surface area contributed by atoms with Gasteiger partial charge in [-0.2, -0.15) is 0 Å². The van der Waals surface area contributed by atoms with Crippen LogP contribution in [0, 0.1) is 20.8 Å². The lowest BCUT2D eigenvalue weighted by atomic mass is 9.99. The highest BCUT2D eigenvalue weighted by atomic mass is 32.2. The van der Waals surface area contributed by atoms with Crippen LogP contribution in [0.25, 0.3) is 0 Å². The molecular formula is C25H26N2O4S. The van der Waals surface area contributed by atoms with Crippen LogP contribution in [0.4, 0.5) is 0 Å². The Bertz CT molecular complexity index is 1280. The standard InChI is InChI=1S/C25H26N2O4S/c1-16-11-17(2)23(18(3)12-16)15-27-14-19-7-4-5-10-22(19)24(27)25(29)26-32(30,31)21-9-6-8-20(28)13-21/h4-13,24,28H,14-15H2,1-3H3,(H,26,29). The number of nitrogens with one attached hydrogen (secondary N) is 1. The molecule has 0 spiro atoms. The predicted molar refractivity (Wildman–Crippen MR) is 123 cm³/mol. The van der Waals surface area contributed by atoms with Crippen LogP contribution < -0.4 is 4.72 Å². The highest BCUT2D eigenvalue weighted by Gasteiger charge is 2.37. The lowest BCUT2D eigenvalue weighted by molar-refractivity contribution is -0.124. The summed E-state index contributed by atoms with van der Waals surface area (Å²) < 4.78 is 27.8. The number of sulfonamides is 1. The van der Waals surface area contributed by atoms with Gasteiger partial charge in [0.25, 0.3) is 15.9 Å². The SMILES string of the molecule is Cc1cc(C)c(CN2Cc3ccccc3C2C(=O)NS(=O)(=O)c2cccc(O)c2)c(C)c1. The summed E-state index contributed by atoms with van der Waals surface area (Å²) in [5.74, 6) is -0.792. The van der Waals surface area contributed by atoms with Crippen molar-refractivity contribution in [1.82, 2.24) is 9.62 Å². The molecule has 1 heterocycles. The highest BCUT2D eigenvalue weighted by molar-refractivity contribution is 7.90. The number of phenols is 1. The summed E-state index contributed by atoms with van der Waals surface area (Å²) in [4.78, 5) is 15.2. The van der Waals surface area contributed by atoms with Crippen LogP contribution in [-0.4, -0.2) is 24.3 Å². The van der Waals surface area contributed by atoms with Gasteiger partial charge >= 0.3 is 0 Å². The van der Waals surface area contributed by atoms with E-state index in [0.29, 0.717) is 13.1 Å². The van der Waals surface area contributed by atoms with E-state index in [9.17, 15) is 18.3 Å².